The molecule has 0 saturated carbocycles. The van der Waals surface area contributed by atoms with Crippen molar-refractivity contribution in [3.63, 3.8) is 0 Å². The molecule has 3 nitrogen and oxygen atoms in total. The lowest BCUT2D eigenvalue weighted by Crippen LogP contribution is -2.10. The Kier molecular flexibility index (Phi) is 3.42. The second-order valence-corrected chi connectivity index (χ2v) is 8.23. The summed E-state index contributed by atoms with van der Waals surface area (Å²) in [4.78, 5) is 14.0. The van der Waals surface area contributed by atoms with E-state index in [1.807, 2.05) is 52.9 Å². The first kappa shape index (κ1) is 17.3. The van der Waals surface area contributed by atoms with Gasteiger partial charge in [-0.15, -0.1) is 0 Å². The number of fused-ring (bicyclic) bond motifs is 2. The Bertz CT molecular complexity index is 1830. The highest BCUT2D eigenvalue weighted by Crippen LogP contribution is 2.37. The lowest BCUT2D eigenvalue weighted by molar-refractivity contribution is 1.17. The molecule has 0 N–H and O–H groups in total. The Hall–Kier alpha value is -4.37. The number of hydrogen-bond acceptors (Lipinski definition) is 1. The molecule has 0 aliphatic heterocycles. The van der Waals surface area contributed by atoms with Gasteiger partial charge in [0, 0.05) is 10.8 Å². The molecular weight excluding hydrogens is 392 g/mol. The SMILES string of the molecule is O=c1c2ccccc2n2c(-c3ccccc3)cc3ccc4cc(-c5ccccc5)n1c4c32. The molecule has 0 bridgehead atoms. The Balaban J connectivity index is 1.81. The van der Waals surface area contributed by atoms with E-state index in [0.717, 1.165) is 49.8 Å². The van der Waals surface area contributed by atoms with Crippen LogP contribution in [0.15, 0.2) is 114 Å². The monoisotopic (exact) mass is 410 g/mol. The minimum absolute atomic E-state index is 0.00432. The molecule has 7 rings (SSSR count). The summed E-state index contributed by atoms with van der Waals surface area (Å²) in [7, 11) is 0. The van der Waals surface area contributed by atoms with Crippen LogP contribution in [0.1, 0.15) is 0 Å². The van der Waals surface area contributed by atoms with Crippen LogP contribution in [-0.2, 0) is 0 Å². The maximum Gasteiger partial charge on any atom is 0.265 e. The second kappa shape index (κ2) is 6.32. The van der Waals surface area contributed by atoms with Gasteiger partial charge in [0.2, 0.25) is 0 Å². The van der Waals surface area contributed by atoms with Crippen molar-refractivity contribution in [3.8, 4) is 22.5 Å². The van der Waals surface area contributed by atoms with Crippen molar-refractivity contribution in [2.75, 3.05) is 0 Å². The topological polar surface area (TPSA) is 25.9 Å². The first-order chi connectivity index (χ1) is 15.8. The second-order valence-electron chi connectivity index (χ2n) is 8.23. The smallest absolute Gasteiger partial charge is 0.265 e. The average molecular weight is 410 g/mol. The summed E-state index contributed by atoms with van der Waals surface area (Å²) in [6.45, 7) is 0. The largest absolute Gasteiger partial charge is 0.306 e. The van der Waals surface area contributed by atoms with Gasteiger partial charge in [0.05, 0.1) is 33.3 Å². The number of para-hydroxylation sites is 1. The summed E-state index contributed by atoms with van der Waals surface area (Å²) in [5.41, 5.74) is 7.12. The number of hydrogen-bond donors (Lipinski definition) is 0. The van der Waals surface area contributed by atoms with Crippen molar-refractivity contribution in [1.29, 1.82) is 0 Å². The summed E-state index contributed by atoms with van der Waals surface area (Å²) >= 11 is 0. The van der Waals surface area contributed by atoms with E-state index < -0.39 is 0 Å². The zero-order valence-corrected chi connectivity index (χ0v) is 17.2. The van der Waals surface area contributed by atoms with E-state index in [1.165, 1.54) is 0 Å². The molecule has 0 saturated heterocycles. The van der Waals surface area contributed by atoms with Crippen LogP contribution < -0.4 is 5.56 Å². The third kappa shape index (κ3) is 2.22. The molecule has 3 aromatic heterocycles. The third-order valence-corrected chi connectivity index (χ3v) is 6.44. The zero-order chi connectivity index (χ0) is 21.2. The highest BCUT2D eigenvalue weighted by Gasteiger charge is 2.20. The van der Waals surface area contributed by atoms with Crippen molar-refractivity contribution in [2.24, 2.45) is 0 Å². The van der Waals surface area contributed by atoms with Crippen LogP contribution in [0, 0.1) is 0 Å². The maximum absolute atomic E-state index is 14.0. The van der Waals surface area contributed by atoms with Gasteiger partial charge in [-0.2, -0.15) is 0 Å². The Morgan fingerprint density at radius 1 is 0.500 bits per heavy atom. The summed E-state index contributed by atoms with van der Waals surface area (Å²) in [6.07, 6.45) is 0. The van der Waals surface area contributed by atoms with Crippen molar-refractivity contribution in [2.45, 2.75) is 0 Å². The highest BCUT2D eigenvalue weighted by atomic mass is 16.1. The minimum Gasteiger partial charge on any atom is -0.306 e. The molecule has 0 unspecified atom stereocenters. The lowest BCUT2D eigenvalue weighted by atomic mass is 10.1. The van der Waals surface area contributed by atoms with Gasteiger partial charge >= 0.3 is 0 Å². The van der Waals surface area contributed by atoms with Crippen LogP contribution in [-0.4, -0.2) is 8.80 Å². The van der Waals surface area contributed by atoms with Crippen LogP contribution in [0.4, 0.5) is 0 Å². The van der Waals surface area contributed by atoms with Crippen molar-refractivity contribution in [1.82, 2.24) is 8.80 Å². The Labute approximate surface area is 183 Å². The van der Waals surface area contributed by atoms with Gasteiger partial charge in [0.25, 0.3) is 5.56 Å². The predicted octanol–water partition coefficient (Wildman–Crippen LogP) is 6.63. The molecule has 0 radical (unpaired) electrons. The van der Waals surface area contributed by atoms with E-state index in [-0.39, 0.29) is 5.56 Å². The number of benzene rings is 4. The summed E-state index contributed by atoms with van der Waals surface area (Å²) in [5.74, 6) is 0. The van der Waals surface area contributed by atoms with E-state index >= 15 is 0 Å². The molecular formula is C29H18N2O. The molecule has 3 heterocycles. The maximum atomic E-state index is 14.0. The molecule has 150 valence electrons. The van der Waals surface area contributed by atoms with Gasteiger partial charge in [-0.1, -0.05) is 84.9 Å². The van der Waals surface area contributed by atoms with Crippen molar-refractivity contribution in [3.05, 3.63) is 120 Å². The van der Waals surface area contributed by atoms with Crippen LogP contribution >= 0.6 is 0 Å². The van der Waals surface area contributed by atoms with Crippen molar-refractivity contribution >= 4 is 32.7 Å². The number of aromatic nitrogens is 2. The molecule has 0 aliphatic rings. The fourth-order valence-corrected chi connectivity index (χ4v) is 5.05. The van der Waals surface area contributed by atoms with Gasteiger partial charge in [-0.25, -0.2) is 0 Å². The van der Waals surface area contributed by atoms with Gasteiger partial charge in [-0.3, -0.25) is 9.20 Å². The fraction of sp³-hybridized carbons (Fsp3) is 0. The van der Waals surface area contributed by atoms with Gasteiger partial charge in [-0.05, 0) is 35.4 Å². The highest BCUT2D eigenvalue weighted by molar-refractivity contribution is 6.10. The molecule has 0 fully saturated rings. The zero-order valence-electron chi connectivity index (χ0n) is 17.2. The normalized spacial score (nSPS) is 11.9. The molecule has 3 heteroatoms. The van der Waals surface area contributed by atoms with Gasteiger partial charge in [0.1, 0.15) is 0 Å². The van der Waals surface area contributed by atoms with Gasteiger partial charge in [0.15, 0.2) is 0 Å². The van der Waals surface area contributed by atoms with E-state index in [0.29, 0.717) is 5.39 Å². The van der Waals surface area contributed by atoms with Crippen molar-refractivity contribution < 1.29 is 0 Å². The van der Waals surface area contributed by atoms with Gasteiger partial charge < -0.3 is 4.40 Å². The molecule has 0 aliphatic carbocycles. The minimum atomic E-state index is 0.00432. The van der Waals surface area contributed by atoms with Crippen LogP contribution in [0.25, 0.3) is 55.2 Å². The molecule has 0 spiro atoms. The fourth-order valence-electron chi connectivity index (χ4n) is 5.05. The first-order valence-electron chi connectivity index (χ1n) is 10.8. The Morgan fingerprint density at radius 3 is 1.62 bits per heavy atom. The first-order valence-corrected chi connectivity index (χ1v) is 10.8. The number of nitrogens with zero attached hydrogens (tertiary/aromatic N) is 2. The van der Waals surface area contributed by atoms with Crippen LogP contribution in [0.3, 0.4) is 0 Å². The molecule has 32 heavy (non-hydrogen) atoms. The third-order valence-electron chi connectivity index (χ3n) is 6.44. The summed E-state index contributed by atoms with van der Waals surface area (Å²) in [6, 6.07) is 37.1. The molecule has 7 aromatic rings. The summed E-state index contributed by atoms with van der Waals surface area (Å²) < 4.78 is 4.17. The van der Waals surface area contributed by atoms with E-state index in [2.05, 4.69) is 65.1 Å². The average Bonchev–Trinajstić information content (AvgIpc) is 3.40. The summed E-state index contributed by atoms with van der Waals surface area (Å²) in [5, 5.41) is 2.89. The molecule has 0 atom stereocenters. The number of rotatable bonds is 2. The van der Waals surface area contributed by atoms with E-state index in [4.69, 9.17) is 0 Å². The lowest BCUT2D eigenvalue weighted by Gasteiger charge is -2.05. The molecule has 0 amide bonds. The van der Waals surface area contributed by atoms with E-state index in [9.17, 15) is 4.79 Å². The standard InChI is InChI=1S/C29H18N2O/c32-29-23-13-7-8-14-24(23)30-25(19-9-3-1-4-10-19)17-21-15-16-22-18-26(20-11-5-2-6-12-20)31(29)28(22)27(21)30/h1-18H. The van der Waals surface area contributed by atoms with Crippen LogP contribution in [0.2, 0.25) is 0 Å². The Morgan fingerprint density at radius 2 is 1.00 bits per heavy atom. The predicted molar refractivity (Wildman–Crippen MR) is 132 cm³/mol. The quantitative estimate of drug-likeness (QED) is 0.314. The van der Waals surface area contributed by atoms with Crippen LogP contribution in [0.5, 0.6) is 0 Å². The molecule has 4 aromatic carbocycles. The van der Waals surface area contributed by atoms with E-state index in [1.54, 1.807) is 0 Å².